The van der Waals surface area contributed by atoms with E-state index in [1.807, 2.05) is 0 Å². The highest BCUT2D eigenvalue weighted by atomic mass is 19.4. The van der Waals surface area contributed by atoms with Crippen molar-refractivity contribution in [3.05, 3.63) is 29.8 Å². The normalized spacial score (nSPS) is 16.8. The standard InChI is InChI=1S/C16H13F13O2/c1-10(30,8-3-5-9(31-2)6-4-8)7-11(17,18)12(19,20)13(21,22)14(23,24)15(25,26)16(27,28)29/h3-6,30H,7H2,1-2H3. The van der Waals surface area contributed by atoms with Gasteiger partial charge in [0.25, 0.3) is 0 Å². The number of aliphatic hydroxyl groups is 1. The number of rotatable bonds is 8. The molecule has 1 rings (SSSR count). The first kappa shape index (κ1) is 27.1. The zero-order chi connectivity index (χ0) is 24.9. The van der Waals surface area contributed by atoms with E-state index < -0.39 is 53.4 Å². The molecule has 0 bridgehead atoms. The molecular formula is C16H13F13O2. The van der Waals surface area contributed by atoms with Crippen LogP contribution in [0.25, 0.3) is 0 Å². The highest BCUT2D eigenvalue weighted by Gasteiger charge is 2.90. The molecule has 0 radical (unpaired) electrons. The largest absolute Gasteiger partial charge is 0.497 e. The van der Waals surface area contributed by atoms with Crippen LogP contribution >= 0.6 is 0 Å². The van der Waals surface area contributed by atoms with E-state index in [-0.39, 0.29) is 5.75 Å². The van der Waals surface area contributed by atoms with Gasteiger partial charge < -0.3 is 9.84 Å². The van der Waals surface area contributed by atoms with Gasteiger partial charge in [-0.15, -0.1) is 0 Å². The molecule has 180 valence electrons. The Balaban J connectivity index is 3.41. The number of hydrogen-bond donors (Lipinski definition) is 1. The minimum atomic E-state index is -7.98. The average Bonchev–Trinajstić information content (AvgIpc) is 2.59. The minimum absolute atomic E-state index is 0.0668. The van der Waals surface area contributed by atoms with Crippen molar-refractivity contribution in [2.75, 3.05) is 7.11 Å². The van der Waals surface area contributed by atoms with E-state index in [2.05, 4.69) is 4.74 Å². The molecule has 1 N–H and O–H groups in total. The minimum Gasteiger partial charge on any atom is -0.497 e. The summed E-state index contributed by atoms with van der Waals surface area (Å²) in [6, 6.07) is 3.62. The summed E-state index contributed by atoms with van der Waals surface area (Å²) < 4.78 is 175. The molecule has 0 fully saturated rings. The molecule has 0 heterocycles. The maximum atomic E-state index is 14.0. The monoisotopic (exact) mass is 484 g/mol. The summed E-state index contributed by atoms with van der Waals surface area (Å²) in [6.07, 6.45) is -10.2. The van der Waals surface area contributed by atoms with Crippen molar-refractivity contribution in [3.63, 3.8) is 0 Å². The summed E-state index contributed by atoms with van der Waals surface area (Å²) in [5, 5.41) is 9.99. The van der Waals surface area contributed by atoms with Crippen LogP contribution in [0, 0.1) is 0 Å². The third kappa shape index (κ3) is 4.24. The molecule has 31 heavy (non-hydrogen) atoms. The van der Waals surface area contributed by atoms with Crippen LogP contribution < -0.4 is 4.74 Å². The fraction of sp³-hybridized carbons (Fsp3) is 0.625. The van der Waals surface area contributed by atoms with E-state index >= 15 is 0 Å². The molecule has 0 aliphatic rings. The van der Waals surface area contributed by atoms with Crippen LogP contribution in [-0.4, -0.2) is 48.0 Å². The second-order valence-corrected chi connectivity index (χ2v) is 6.68. The van der Waals surface area contributed by atoms with Crippen LogP contribution in [0.3, 0.4) is 0 Å². The van der Waals surface area contributed by atoms with Crippen LogP contribution in [0.1, 0.15) is 18.9 Å². The van der Waals surface area contributed by atoms with E-state index in [1.54, 1.807) is 0 Å². The average molecular weight is 484 g/mol. The maximum Gasteiger partial charge on any atom is 0.460 e. The highest BCUT2D eigenvalue weighted by Crippen LogP contribution is 2.61. The first-order chi connectivity index (χ1) is 13.5. The van der Waals surface area contributed by atoms with Crippen LogP contribution in [0.5, 0.6) is 5.75 Å². The quantitative estimate of drug-likeness (QED) is 0.457. The van der Waals surface area contributed by atoms with Gasteiger partial charge in [-0.05, 0) is 24.6 Å². The topological polar surface area (TPSA) is 29.5 Å². The summed E-state index contributed by atoms with van der Waals surface area (Å²) in [6.45, 7) is 0.374. The number of benzene rings is 1. The molecule has 0 aromatic heterocycles. The van der Waals surface area contributed by atoms with Crippen LogP contribution in [0.4, 0.5) is 57.1 Å². The lowest BCUT2D eigenvalue weighted by atomic mass is 9.84. The Morgan fingerprint density at radius 1 is 0.677 bits per heavy atom. The lowest BCUT2D eigenvalue weighted by Crippen LogP contribution is -2.70. The second-order valence-electron chi connectivity index (χ2n) is 6.68. The Hall–Kier alpha value is -1.93. The molecule has 1 aromatic rings. The van der Waals surface area contributed by atoms with Crippen LogP contribution in [0.15, 0.2) is 24.3 Å². The Kier molecular flexibility index (Phi) is 6.63. The maximum absolute atomic E-state index is 14.0. The lowest BCUT2D eigenvalue weighted by molar-refractivity contribution is -0.441. The molecule has 0 spiro atoms. The van der Waals surface area contributed by atoms with E-state index in [4.69, 9.17) is 0 Å². The molecule has 2 nitrogen and oxygen atoms in total. The Morgan fingerprint density at radius 2 is 1.06 bits per heavy atom. The van der Waals surface area contributed by atoms with Crippen LogP contribution in [-0.2, 0) is 5.60 Å². The third-order valence-corrected chi connectivity index (χ3v) is 4.28. The van der Waals surface area contributed by atoms with Crippen LogP contribution in [0.2, 0.25) is 0 Å². The van der Waals surface area contributed by atoms with Crippen molar-refractivity contribution in [1.82, 2.24) is 0 Å². The van der Waals surface area contributed by atoms with Crippen molar-refractivity contribution in [2.24, 2.45) is 0 Å². The number of halogens is 13. The predicted molar refractivity (Wildman–Crippen MR) is 78.0 cm³/mol. The van der Waals surface area contributed by atoms with Crippen molar-refractivity contribution < 1.29 is 66.9 Å². The summed E-state index contributed by atoms with van der Waals surface area (Å²) in [5.41, 5.74) is -3.78. The molecule has 15 heteroatoms. The van der Waals surface area contributed by atoms with Crippen molar-refractivity contribution in [2.45, 2.75) is 54.7 Å². The number of hydrogen-bond acceptors (Lipinski definition) is 2. The molecular weight excluding hydrogens is 471 g/mol. The Morgan fingerprint density at radius 3 is 1.42 bits per heavy atom. The van der Waals surface area contributed by atoms with Crippen molar-refractivity contribution >= 4 is 0 Å². The van der Waals surface area contributed by atoms with Gasteiger partial charge in [0.1, 0.15) is 5.75 Å². The van der Waals surface area contributed by atoms with E-state index in [0.717, 1.165) is 31.4 Å². The molecule has 1 aromatic carbocycles. The van der Waals surface area contributed by atoms with Gasteiger partial charge in [-0.2, -0.15) is 57.1 Å². The first-order valence-electron chi connectivity index (χ1n) is 7.82. The summed E-state index contributed by atoms with van der Waals surface area (Å²) in [7, 11) is 1.15. The number of ether oxygens (including phenoxy) is 1. The fourth-order valence-electron chi connectivity index (χ4n) is 2.40. The van der Waals surface area contributed by atoms with Gasteiger partial charge in [-0.3, -0.25) is 0 Å². The Labute approximate surface area is 165 Å². The van der Waals surface area contributed by atoms with E-state index in [9.17, 15) is 62.2 Å². The van der Waals surface area contributed by atoms with Gasteiger partial charge >= 0.3 is 35.8 Å². The Bertz CT molecular complexity index is 767. The van der Waals surface area contributed by atoms with Gasteiger partial charge in [-0.25, -0.2) is 0 Å². The highest BCUT2D eigenvalue weighted by molar-refractivity contribution is 5.31. The third-order valence-electron chi connectivity index (χ3n) is 4.28. The molecule has 1 atom stereocenters. The van der Waals surface area contributed by atoms with Crippen molar-refractivity contribution in [3.8, 4) is 5.75 Å². The van der Waals surface area contributed by atoms with Gasteiger partial charge in [0.15, 0.2) is 0 Å². The van der Waals surface area contributed by atoms with Gasteiger partial charge in [-0.1, -0.05) is 12.1 Å². The zero-order valence-electron chi connectivity index (χ0n) is 15.3. The molecule has 0 saturated carbocycles. The number of methoxy groups -OCH3 is 1. The zero-order valence-corrected chi connectivity index (χ0v) is 15.3. The molecule has 0 amide bonds. The SMILES string of the molecule is COc1ccc(C(C)(O)CC(F)(F)C(F)(F)C(F)(F)C(F)(F)C(F)(F)C(F)(F)F)cc1. The van der Waals surface area contributed by atoms with Crippen molar-refractivity contribution in [1.29, 1.82) is 0 Å². The van der Waals surface area contributed by atoms with Gasteiger partial charge in [0.2, 0.25) is 0 Å². The van der Waals surface area contributed by atoms with E-state index in [1.165, 1.54) is 0 Å². The van der Waals surface area contributed by atoms with E-state index in [0.29, 0.717) is 6.92 Å². The predicted octanol–water partition coefficient (Wildman–Crippen LogP) is 6.03. The first-order valence-corrected chi connectivity index (χ1v) is 7.82. The second kappa shape index (κ2) is 7.59. The molecule has 0 aliphatic carbocycles. The summed E-state index contributed by atoms with van der Waals surface area (Å²) >= 11 is 0. The summed E-state index contributed by atoms with van der Waals surface area (Å²) in [4.78, 5) is 0. The molecule has 0 aliphatic heterocycles. The smallest absolute Gasteiger partial charge is 0.460 e. The number of alkyl halides is 13. The molecule has 0 saturated heterocycles. The van der Waals surface area contributed by atoms with Gasteiger partial charge in [0.05, 0.1) is 19.1 Å². The molecule has 1 unspecified atom stereocenters. The lowest BCUT2D eigenvalue weighted by Gasteiger charge is -2.41. The van der Waals surface area contributed by atoms with Gasteiger partial charge in [0, 0.05) is 0 Å². The fourth-order valence-corrected chi connectivity index (χ4v) is 2.40. The summed E-state index contributed by atoms with van der Waals surface area (Å²) in [5.74, 6) is -37.4.